The number of nitrogens with zero attached hydrogens (tertiary/aromatic N) is 2. The predicted octanol–water partition coefficient (Wildman–Crippen LogP) is 2.12. The van der Waals surface area contributed by atoms with E-state index < -0.39 is 12.1 Å². The highest BCUT2D eigenvalue weighted by molar-refractivity contribution is 6.07. The molecule has 2 aromatic carbocycles. The van der Waals surface area contributed by atoms with Gasteiger partial charge in [0.25, 0.3) is 5.91 Å². The van der Waals surface area contributed by atoms with Gasteiger partial charge in [-0.3, -0.25) is 25.1 Å². The van der Waals surface area contributed by atoms with Gasteiger partial charge in [-0.15, -0.1) is 0 Å². The molecule has 1 aliphatic carbocycles. The molecule has 2 aliphatic heterocycles. The average molecular weight is 435 g/mol. The van der Waals surface area contributed by atoms with Crippen LogP contribution in [0.2, 0.25) is 0 Å². The van der Waals surface area contributed by atoms with E-state index in [9.17, 15) is 19.7 Å². The largest absolute Gasteiger partial charge is 0.325 e. The van der Waals surface area contributed by atoms with Crippen molar-refractivity contribution in [2.75, 3.05) is 16.8 Å². The molecule has 3 aliphatic rings. The van der Waals surface area contributed by atoms with Crippen molar-refractivity contribution in [2.45, 2.75) is 43.8 Å². The number of hydrogen-bond donors (Lipinski definition) is 3. The van der Waals surface area contributed by atoms with Gasteiger partial charge < -0.3 is 10.2 Å². The molecule has 9 nitrogen and oxygen atoms in total. The van der Waals surface area contributed by atoms with Crippen molar-refractivity contribution in [3.63, 3.8) is 0 Å². The summed E-state index contributed by atoms with van der Waals surface area (Å²) >= 11 is 0. The molecule has 5 rings (SSSR count). The summed E-state index contributed by atoms with van der Waals surface area (Å²) in [5.41, 5.74) is 9.38. The van der Waals surface area contributed by atoms with Crippen molar-refractivity contribution in [2.24, 2.45) is 5.92 Å². The Morgan fingerprint density at radius 3 is 2.62 bits per heavy atom. The number of hydrogen-bond acceptors (Lipinski definition) is 6. The fourth-order valence-electron chi connectivity index (χ4n) is 5.11. The molecule has 0 aromatic heterocycles. The van der Waals surface area contributed by atoms with Gasteiger partial charge in [-0.25, -0.2) is 5.43 Å². The molecular formula is C23H25N5O4. The maximum Gasteiger partial charge on any atom is 0.258 e. The number of fused-ring (bicyclic) bond motifs is 2. The Bertz CT molecular complexity index is 1060. The van der Waals surface area contributed by atoms with Crippen molar-refractivity contribution < 1.29 is 14.5 Å². The molecule has 32 heavy (non-hydrogen) atoms. The zero-order valence-corrected chi connectivity index (χ0v) is 17.5. The van der Waals surface area contributed by atoms with Crippen molar-refractivity contribution in [1.29, 1.82) is 0 Å². The van der Waals surface area contributed by atoms with E-state index in [0.717, 1.165) is 12.1 Å². The van der Waals surface area contributed by atoms with Gasteiger partial charge >= 0.3 is 0 Å². The van der Waals surface area contributed by atoms with Gasteiger partial charge in [0.2, 0.25) is 11.9 Å². The number of carbonyl (C=O) groups is 2. The maximum absolute atomic E-state index is 13.0. The number of rotatable bonds is 4. The predicted molar refractivity (Wildman–Crippen MR) is 119 cm³/mol. The number of anilines is 2. The molecule has 166 valence electrons. The monoisotopic (exact) mass is 435 g/mol. The van der Waals surface area contributed by atoms with E-state index in [0.29, 0.717) is 37.1 Å². The number of amides is 2. The molecule has 1 saturated heterocycles. The number of nitro groups is 1. The molecule has 0 bridgehead atoms. The van der Waals surface area contributed by atoms with Crippen LogP contribution >= 0.6 is 0 Å². The third-order valence-corrected chi connectivity index (χ3v) is 6.84. The molecular weight excluding hydrogens is 410 g/mol. The topological polar surface area (TPSA) is 117 Å². The summed E-state index contributed by atoms with van der Waals surface area (Å²) in [7, 11) is 0. The van der Waals surface area contributed by atoms with E-state index in [1.807, 2.05) is 24.3 Å². The first kappa shape index (κ1) is 20.6. The summed E-state index contributed by atoms with van der Waals surface area (Å²) in [5.74, 6) is -0.429. The molecule has 0 spiro atoms. The molecule has 2 heterocycles. The Morgan fingerprint density at radius 1 is 1.06 bits per heavy atom. The molecule has 2 amide bonds. The molecule has 3 N–H and O–H groups in total. The number of para-hydroxylation sites is 1. The van der Waals surface area contributed by atoms with Crippen molar-refractivity contribution in [3.05, 3.63) is 69.8 Å². The second-order valence-corrected chi connectivity index (χ2v) is 8.69. The Labute approximate surface area is 185 Å². The summed E-state index contributed by atoms with van der Waals surface area (Å²) in [6.45, 7) is 0.657. The number of hydrazine groups is 1. The normalized spacial score (nSPS) is 26.3. The Kier molecular flexibility index (Phi) is 5.36. The fraction of sp³-hybridized carbons (Fsp3) is 0.391. The lowest BCUT2D eigenvalue weighted by Gasteiger charge is -2.28. The highest BCUT2D eigenvalue weighted by atomic mass is 16.6. The van der Waals surface area contributed by atoms with Gasteiger partial charge in [-0.2, -0.15) is 0 Å². The van der Waals surface area contributed by atoms with Crippen LogP contribution in [-0.2, 0) is 11.2 Å². The second kappa shape index (κ2) is 8.33. The summed E-state index contributed by atoms with van der Waals surface area (Å²) in [6, 6.07) is 13.7. The van der Waals surface area contributed by atoms with Crippen LogP contribution in [0.5, 0.6) is 0 Å². The third-order valence-electron chi connectivity index (χ3n) is 6.84. The van der Waals surface area contributed by atoms with E-state index in [2.05, 4.69) is 16.2 Å². The van der Waals surface area contributed by atoms with E-state index in [-0.39, 0.29) is 28.7 Å². The van der Waals surface area contributed by atoms with Crippen LogP contribution in [0.1, 0.15) is 35.2 Å². The number of benzene rings is 2. The van der Waals surface area contributed by atoms with Gasteiger partial charge in [0.1, 0.15) is 6.04 Å². The van der Waals surface area contributed by atoms with Gasteiger partial charge in [0.05, 0.1) is 0 Å². The summed E-state index contributed by atoms with van der Waals surface area (Å²) in [5, 5.41) is 14.1. The molecule has 4 unspecified atom stereocenters. The van der Waals surface area contributed by atoms with E-state index in [4.69, 9.17) is 0 Å². The molecule has 2 fully saturated rings. The van der Waals surface area contributed by atoms with Crippen LogP contribution in [0.3, 0.4) is 0 Å². The summed E-state index contributed by atoms with van der Waals surface area (Å²) < 4.78 is 0. The highest BCUT2D eigenvalue weighted by Crippen LogP contribution is 2.32. The van der Waals surface area contributed by atoms with Crippen LogP contribution in [0, 0.1) is 16.0 Å². The zero-order chi connectivity index (χ0) is 22.2. The van der Waals surface area contributed by atoms with Gasteiger partial charge in [-0.1, -0.05) is 18.2 Å². The molecule has 0 radical (unpaired) electrons. The van der Waals surface area contributed by atoms with E-state index in [1.165, 1.54) is 5.56 Å². The number of nitrogens with one attached hydrogen (secondary N) is 3. The maximum atomic E-state index is 13.0. The minimum absolute atomic E-state index is 0.0605. The smallest absolute Gasteiger partial charge is 0.258 e. The Morgan fingerprint density at radius 2 is 1.84 bits per heavy atom. The molecule has 1 saturated carbocycles. The minimum atomic E-state index is -0.603. The van der Waals surface area contributed by atoms with Crippen LogP contribution in [0.15, 0.2) is 48.5 Å². The van der Waals surface area contributed by atoms with Crippen molar-refractivity contribution in [1.82, 2.24) is 10.9 Å². The third kappa shape index (κ3) is 3.74. The second-order valence-electron chi connectivity index (χ2n) is 8.69. The molecule has 2 aromatic rings. The quantitative estimate of drug-likeness (QED) is 0.500. The van der Waals surface area contributed by atoms with Crippen LogP contribution in [0.25, 0.3) is 0 Å². The SMILES string of the molecule is O=C(Nc1ccc(C(=O)N2CCc3ccccc32)cc1)C1NNC2CCC([N+](=O)[O-])CC21. The lowest BCUT2D eigenvalue weighted by Crippen LogP contribution is -2.44. The molecule has 9 heteroatoms. The number of carbonyl (C=O) groups excluding carboxylic acids is 2. The van der Waals surface area contributed by atoms with E-state index in [1.54, 1.807) is 29.2 Å². The van der Waals surface area contributed by atoms with Crippen LogP contribution in [-0.4, -0.2) is 41.4 Å². The first-order valence-electron chi connectivity index (χ1n) is 11.0. The summed E-state index contributed by atoms with van der Waals surface area (Å²) in [4.78, 5) is 38.6. The summed E-state index contributed by atoms with van der Waals surface area (Å²) in [6.07, 6.45) is 2.41. The molecule has 4 atom stereocenters. The van der Waals surface area contributed by atoms with Gasteiger partial charge in [-0.05, 0) is 48.7 Å². The van der Waals surface area contributed by atoms with Crippen molar-refractivity contribution >= 4 is 23.2 Å². The average Bonchev–Trinajstić information content (AvgIpc) is 3.43. The standard InChI is InChI=1S/C23H25N5O4/c29-22(21-18-13-17(28(31)32)9-10-19(18)25-26-21)24-16-7-5-15(6-8-16)23(30)27-12-11-14-3-1-2-4-20(14)27/h1-8,17-19,21,25-26H,9-13H2,(H,24,29). The first-order chi connectivity index (χ1) is 15.5. The zero-order valence-electron chi connectivity index (χ0n) is 17.5. The minimum Gasteiger partial charge on any atom is -0.325 e. The highest BCUT2D eigenvalue weighted by Gasteiger charge is 2.46. The first-order valence-corrected chi connectivity index (χ1v) is 11.0. The lowest BCUT2D eigenvalue weighted by atomic mass is 9.79. The fourth-order valence-corrected chi connectivity index (χ4v) is 5.11. The van der Waals surface area contributed by atoms with Gasteiger partial charge in [0, 0.05) is 53.2 Å². The lowest BCUT2D eigenvalue weighted by molar-refractivity contribution is -0.528. The van der Waals surface area contributed by atoms with Crippen molar-refractivity contribution in [3.8, 4) is 0 Å². The Hall–Kier alpha value is -3.30. The van der Waals surface area contributed by atoms with Gasteiger partial charge in [0.15, 0.2) is 0 Å². The van der Waals surface area contributed by atoms with Crippen LogP contribution in [0.4, 0.5) is 11.4 Å². The van der Waals surface area contributed by atoms with Crippen LogP contribution < -0.4 is 21.1 Å². The van der Waals surface area contributed by atoms with E-state index >= 15 is 0 Å². The Balaban J connectivity index is 1.24.